The van der Waals surface area contributed by atoms with E-state index in [4.69, 9.17) is 11.6 Å². The van der Waals surface area contributed by atoms with Gasteiger partial charge in [-0.25, -0.2) is 9.97 Å². The molecule has 18 heavy (non-hydrogen) atoms. The zero-order valence-electron chi connectivity index (χ0n) is 9.95. The molecule has 1 heterocycles. The molecule has 0 atom stereocenters. The molecule has 0 fully saturated rings. The lowest BCUT2D eigenvalue weighted by Crippen LogP contribution is -2.14. The Morgan fingerprint density at radius 3 is 2.83 bits per heavy atom. The van der Waals surface area contributed by atoms with E-state index < -0.39 is 0 Å². The van der Waals surface area contributed by atoms with Crippen LogP contribution in [0, 0.1) is 6.92 Å². The van der Waals surface area contributed by atoms with Crippen molar-refractivity contribution in [3.63, 3.8) is 0 Å². The summed E-state index contributed by atoms with van der Waals surface area (Å²) >= 11 is 9.36. The largest absolute Gasteiger partial charge is 0.307 e. The van der Waals surface area contributed by atoms with Crippen molar-refractivity contribution in [1.82, 2.24) is 15.3 Å². The van der Waals surface area contributed by atoms with Crippen LogP contribution in [0.4, 0.5) is 0 Å². The van der Waals surface area contributed by atoms with Crippen LogP contribution < -0.4 is 5.32 Å². The summed E-state index contributed by atoms with van der Waals surface area (Å²) < 4.78 is 0.918. The Balaban J connectivity index is 1.90. The van der Waals surface area contributed by atoms with Gasteiger partial charge in [-0.15, -0.1) is 0 Å². The molecule has 0 unspecified atom stereocenters. The second-order valence-electron chi connectivity index (χ2n) is 3.95. The van der Waals surface area contributed by atoms with Crippen LogP contribution in [-0.4, -0.2) is 9.97 Å². The van der Waals surface area contributed by atoms with Gasteiger partial charge in [0.15, 0.2) is 0 Å². The lowest BCUT2D eigenvalue weighted by molar-refractivity contribution is 0.675. The molecule has 3 nitrogen and oxygen atoms in total. The minimum absolute atomic E-state index is 0.726. The second-order valence-corrected chi connectivity index (χ2v) is 5.21. The van der Waals surface area contributed by atoms with E-state index in [2.05, 4.69) is 31.2 Å². The number of aryl methyl sites for hydroxylation is 1. The Bertz CT molecular complexity index is 546. The van der Waals surface area contributed by atoms with Gasteiger partial charge >= 0.3 is 0 Å². The summed E-state index contributed by atoms with van der Waals surface area (Å²) in [5, 5.41) is 4.06. The summed E-state index contributed by atoms with van der Waals surface area (Å²) in [5.41, 5.74) is 2.17. The number of nitrogens with one attached hydrogen (secondary N) is 1. The van der Waals surface area contributed by atoms with Crippen molar-refractivity contribution in [3.8, 4) is 0 Å². The Labute approximate surface area is 120 Å². The van der Waals surface area contributed by atoms with Crippen molar-refractivity contribution in [2.75, 3.05) is 0 Å². The third kappa shape index (κ3) is 3.77. The molecule has 0 amide bonds. The maximum atomic E-state index is 5.94. The molecular weight excluding hydrogens is 314 g/mol. The molecule has 0 saturated carbocycles. The van der Waals surface area contributed by atoms with Crippen LogP contribution >= 0.6 is 27.5 Å². The fourth-order valence-corrected chi connectivity index (χ4v) is 2.13. The Hall–Kier alpha value is -0.970. The van der Waals surface area contributed by atoms with E-state index in [1.165, 1.54) is 5.56 Å². The Kier molecular flexibility index (Phi) is 4.69. The first-order valence-corrected chi connectivity index (χ1v) is 6.75. The fourth-order valence-electron chi connectivity index (χ4n) is 1.59. The highest BCUT2D eigenvalue weighted by molar-refractivity contribution is 9.10. The van der Waals surface area contributed by atoms with E-state index in [1.54, 1.807) is 6.20 Å². The van der Waals surface area contributed by atoms with E-state index in [-0.39, 0.29) is 0 Å². The molecule has 0 spiro atoms. The van der Waals surface area contributed by atoms with Gasteiger partial charge in [0.05, 0.1) is 10.7 Å². The molecule has 94 valence electrons. The minimum Gasteiger partial charge on any atom is -0.307 e. The summed E-state index contributed by atoms with van der Waals surface area (Å²) in [6.07, 6.45) is 1.78. The number of aromatic nitrogens is 2. The first-order valence-electron chi connectivity index (χ1n) is 5.58. The third-order valence-electron chi connectivity index (χ3n) is 2.45. The zero-order chi connectivity index (χ0) is 13.0. The zero-order valence-corrected chi connectivity index (χ0v) is 12.3. The number of halogens is 2. The molecule has 5 heteroatoms. The topological polar surface area (TPSA) is 37.8 Å². The lowest BCUT2D eigenvalue weighted by Gasteiger charge is -2.06. The van der Waals surface area contributed by atoms with Crippen molar-refractivity contribution in [2.45, 2.75) is 20.0 Å². The van der Waals surface area contributed by atoms with E-state index >= 15 is 0 Å². The van der Waals surface area contributed by atoms with Gasteiger partial charge in [-0.2, -0.15) is 0 Å². The highest BCUT2D eigenvalue weighted by Gasteiger charge is 2.00. The molecule has 0 radical (unpaired) electrons. The molecule has 2 aromatic rings. The highest BCUT2D eigenvalue weighted by Crippen LogP contribution is 2.23. The molecule has 1 aromatic carbocycles. The third-order valence-corrected chi connectivity index (χ3v) is 3.67. The van der Waals surface area contributed by atoms with Gasteiger partial charge in [-0.05, 0) is 46.6 Å². The molecule has 1 N–H and O–H groups in total. The molecular formula is C13H13BrClN3. The predicted molar refractivity (Wildman–Crippen MR) is 76.5 cm³/mol. The van der Waals surface area contributed by atoms with Gasteiger partial charge in [0.1, 0.15) is 5.82 Å². The average Bonchev–Trinajstić information content (AvgIpc) is 2.34. The summed E-state index contributed by atoms with van der Waals surface area (Å²) in [5.74, 6) is 0.795. The van der Waals surface area contributed by atoms with E-state index in [0.717, 1.165) is 34.1 Å². The summed E-state index contributed by atoms with van der Waals surface area (Å²) in [6.45, 7) is 3.39. The number of rotatable bonds is 4. The molecule has 0 bridgehead atoms. The number of nitrogens with zero attached hydrogens (tertiary/aromatic N) is 2. The molecule has 0 aliphatic rings. The van der Waals surface area contributed by atoms with Gasteiger partial charge in [0, 0.05) is 23.8 Å². The SMILES string of the molecule is Cc1nccc(CNCc2ccc(Cl)c(Br)c2)n1. The van der Waals surface area contributed by atoms with Crippen molar-refractivity contribution >= 4 is 27.5 Å². The van der Waals surface area contributed by atoms with Gasteiger partial charge in [-0.3, -0.25) is 0 Å². The minimum atomic E-state index is 0.726. The van der Waals surface area contributed by atoms with Gasteiger partial charge in [0.2, 0.25) is 0 Å². The number of benzene rings is 1. The molecule has 0 aliphatic carbocycles. The molecule has 0 aliphatic heterocycles. The first kappa shape index (κ1) is 13.5. The van der Waals surface area contributed by atoms with Crippen LogP contribution in [0.5, 0.6) is 0 Å². The standard InChI is InChI=1S/C13H13BrClN3/c1-9-17-5-4-11(18-9)8-16-7-10-2-3-13(15)12(14)6-10/h2-6,16H,7-8H2,1H3. The van der Waals surface area contributed by atoms with Crippen molar-refractivity contribution in [3.05, 3.63) is 57.0 Å². The van der Waals surface area contributed by atoms with E-state index in [1.807, 2.05) is 31.2 Å². The van der Waals surface area contributed by atoms with Crippen molar-refractivity contribution in [2.24, 2.45) is 0 Å². The summed E-state index contributed by atoms with van der Waals surface area (Å²) in [7, 11) is 0. The van der Waals surface area contributed by atoms with Crippen molar-refractivity contribution in [1.29, 1.82) is 0 Å². The van der Waals surface area contributed by atoms with E-state index in [9.17, 15) is 0 Å². The van der Waals surface area contributed by atoms with E-state index in [0.29, 0.717) is 0 Å². The smallest absolute Gasteiger partial charge is 0.125 e. The number of hydrogen-bond donors (Lipinski definition) is 1. The molecule has 0 saturated heterocycles. The predicted octanol–water partition coefficient (Wildman–Crippen LogP) is 3.49. The average molecular weight is 327 g/mol. The molecule has 1 aromatic heterocycles. The van der Waals surface area contributed by atoms with Crippen LogP contribution in [-0.2, 0) is 13.1 Å². The van der Waals surface area contributed by atoms with Crippen LogP contribution in [0.15, 0.2) is 34.9 Å². The quantitative estimate of drug-likeness (QED) is 0.934. The monoisotopic (exact) mass is 325 g/mol. The lowest BCUT2D eigenvalue weighted by atomic mass is 10.2. The Morgan fingerprint density at radius 1 is 1.28 bits per heavy atom. The highest BCUT2D eigenvalue weighted by atomic mass is 79.9. The van der Waals surface area contributed by atoms with Crippen LogP contribution in [0.1, 0.15) is 17.1 Å². The van der Waals surface area contributed by atoms with Crippen LogP contribution in [0.3, 0.4) is 0 Å². The summed E-state index contributed by atoms with van der Waals surface area (Å²) in [4.78, 5) is 8.40. The maximum Gasteiger partial charge on any atom is 0.125 e. The summed E-state index contributed by atoms with van der Waals surface area (Å²) in [6, 6.07) is 7.82. The fraction of sp³-hybridized carbons (Fsp3) is 0.231. The van der Waals surface area contributed by atoms with Crippen molar-refractivity contribution < 1.29 is 0 Å². The number of hydrogen-bond acceptors (Lipinski definition) is 3. The van der Waals surface area contributed by atoms with Gasteiger partial charge < -0.3 is 5.32 Å². The Morgan fingerprint density at radius 2 is 2.11 bits per heavy atom. The van der Waals surface area contributed by atoms with Crippen LogP contribution in [0.2, 0.25) is 5.02 Å². The molecule has 2 rings (SSSR count). The van der Waals surface area contributed by atoms with Gasteiger partial charge in [-0.1, -0.05) is 17.7 Å². The van der Waals surface area contributed by atoms with Gasteiger partial charge in [0.25, 0.3) is 0 Å². The maximum absolute atomic E-state index is 5.94. The normalized spacial score (nSPS) is 10.6. The van der Waals surface area contributed by atoms with Crippen LogP contribution in [0.25, 0.3) is 0 Å². The first-order chi connectivity index (χ1) is 8.65. The second kappa shape index (κ2) is 6.27.